The molecule has 3 N–H and O–H groups in total. The normalized spacial score (nSPS) is 11.5. The van der Waals surface area contributed by atoms with Gasteiger partial charge in [-0.3, -0.25) is 4.79 Å². The summed E-state index contributed by atoms with van der Waals surface area (Å²) in [6, 6.07) is 5.84. The van der Waals surface area contributed by atoms with E-state index < -0.39 is 12.0 Å². The van der Waals surface area contributed by atoms with Crippen LogP contribution in [0.15, 0.2) is 24.3 Å². The number of nitrogens with two attached hydrogens (primary N) is 1. The van der Waals surface area contributed by atoms with Crippen LogP contribution in [0.2, 0.25) is 0 Å². The molecule has 0 fully saturated rings. The molecule has 5 heteroatoms. The Morgan fingerprint density at radius 3 is 2.40 bits per heavy atom. The van der Waals surface area contributed by atoms with Crippen LogP contribution in [0.5, 0.6) is 5.75 Å². The molecule has 0 aliphatic heterocycles. The molecule has 1 atom stereocenters. The summed E-state index contributed by atoms with van der Waals surface area (Å²) in [5.41, 5.74) is 6.47. The molecule has 1 aromatic carbocycles. The van der Waals surface area contributed by atoms with Crippen LogP contribution < -0.4 is 62.2 Å². The molecule has 15 heavy (non-hydrogen) atoms. The van der Waals surface area contributed by atoms with Gasteiger partial charge in [-0.05, 0) is 12.0 Å². The molecule has 0 saturated carbocycles. The van der Waals surface area contributed by atoms with Crippen molar-refractivity contribution in [3.63, 3.8) is 0 Å². The van der Waals surface area contributed by atoms with Gasteiger partial charge in [0.1, 0.15) is 0 Å². The van der Waals surface area contributed by atoms with Crippen LogP contribution in [-0.2, 0) is 11.2 Å². The van der Waals surface area contributed by atoms with Crippen molar-refractivity contribution in [2.75, 3.05) is 0 Å². The van der Waals surface area contributed by atoms with Crippen molar-refractivity contribution < 1.29 is 66.4 Å². The first-order chi connectivity index (χ1) is 6.58. The molecule has 0 amide bonds. The zero-order chi connectivity index (χ0) is 10.6. The second-order valence-corrected chi connectivity index (χ2v) is 3.21. The number of hydrogen-bond donors (Lipinski definition) is 2. The van der Waals surface area contributed by atoms with Crippen LogP contribution in [0, 0.1) is 0 Å². The van der Waals surface area contributed by atoms with E-state index >= 15 is 0 Å². The summed E-state index contributed by atoms with van der Waals surface area (Å²) in [5, 5.41) is 19.2. The summed E-state index contributed by atoms with van der Waals surface area (Å²) in [6.45, 7) is 0. The van der Waals surface area contributed by atoms with Gasteiger partial charge >= 0.3 is 57.4 Å². The quantitative estimate of drug-likeness (QED) is 0.547. The second-order valence-electron chi connectivity index (χ2n) is 3.21. The van der Waals surface area contributed by atoms with Gasteiger partial charge in [0.25, 0.3) is 0 Å². The summed E-state index contributed by atoms with van der Waals surface area (Å²) in [5.74, 6) is -0.960. The van der Waals surface area contributed by atoms with E-state index in [1.54, 1.807) is 12.1 Å². The molecule has 0 saturated heterocycles. The average Bonchev–Trinajstić information content (AvgIpc) is 2.07. The van der Waals surface area contributed by atoms with Gasteiger partial charge in [-0.1, -0.05) is 24.3 Å². The number of carboxylic acids is 1. The molecular formula is C10H12KNO3. The SMILES string of the molecule is N[C@@H](CC(=O)O)Cc1ccc([O-])cc1.[K+]. The molecule has 0 aromatic heterocycles. The zero-order valence-electron chi connectivity index (χ0n) is 8.64. The van der Waals surface area contributed by atoms with Gasteiger partial charge in [0, 0.05) is 6.04 Å². The first-order valence-electron chi connectivity index (χ1n) is 4.31. The Balaban J connectivity index is 0.00000196. The number of rotatable bonds is 4. The molecule has 0 heterocycles. The molecule has 0 aliphatic carbocycles. The van der Waals surface area contributed by atoms with E-state index in [1.807, 2.05) is 0 Å². The van der Waals surface area contributed by atoms with Crippen LogP contribution in [0.25, 0.3) is 0 Å². The predicted molar refractivity (Wildman–Crippen MR) is 49.8 cm³/mol. The third kappa shape index (κ3) is 6.29. The van der Waals surface area contributed by atoms with Crippen molar-refractivity contribution in [1.29, 1.82) is 0 Å². The van der Waals surface area contributed by atoms with E-state index in [4.69, 9.17) is 10.8 Å². The Morgan fingerprint density at radius 2 is 1.93 bits per heavy atom. The molecular weight excluding hydrogens is 221 g/mol. The molecule has 0 radical (unpaired) electrons. The van der Waals surface area contributed by atoms with Crippen LogP contribution in [0.4, 0.5) is 0 Å². The predicted octanol–water partition coefficient (Wildman–Crippen LogP) is -2.89. The van der Waals surface area contributed by atoms with Gasteiger partial charge < -0.3 is 15.9 Å². The Bertz CT molecular complexity index is 313. The minimum Gasteiger partial charge on any atom is -0.872 e. The molecule has 4 nitrogen and oxygen atoms in total. The Morgan fingerprint density at radius 1 is 1.40 bits per heavy atom. The summed E-state index contributed by atoms with van der Waals surface area (Å²) >= 11 is 0. The van der Waals surface area contributed by atoms with Crippen LogP contribution in [-0.4, -0.2) is 17.1 Å². The minimum absolute atomic E-state index is 0. The van der Waals surface area contributed by atoms with Crippen molar-refractivity contribution >= 4 is 5.97 Å². The Kier molecular flexibility index (Phi) is 7.42. The van der Waals surface area contributed by atoms with Gasteiger partial charge in [-0.2, -0.15) is 0 Å². The maximum absolute atomic E-state index is 10.8. The monoisotopic (exact) mass is 233 g/mol. The van der Waals surface area contributed by atoms with E-state index in [-0.39, 0.29) is 63.6 Å². The molecule has 76 valence electrons. The van der Waals surface area contributed by atoms with Crippen molar-refractivity contribution in [1.82, 2.24) is 0 Å². The average molecular weight is 233 g/mol. The fourth-order valence-corrected chi connectivity index (χ4v) is 1.22. The van der Waals surface area contributed by atoms with Gasteiger partial charge in [0.15, 0.2) is 0 Å². The summed E-state index contributed by atoms with van der Waals surface area (Å²) in [4.78, 5) is 10.3. The fraction of sp³-hybridized carbons (Fsp3) is 0.300. The van der Waals surface area contributed by atoms with Crippen LogP contribution >= 0.6 is 0 Å². The summed E-state index contributed by atoms with van der Waals surface area (Å²) in [7, 11) is 0. The summed E-state index contributed by atoms with van der Waals surface area (Å²) < 4.78 is 0. The van der Waals surface area contributed by atoms with E-state index in [0.29, 0.717) is 6.42 Å². The van der Waals surface area contributed by atoms with Gasteiger partial charge in [0.2, 0.25) is 0 Å². The van der Waals surface area contributed by atoms with Gasteiger partial charge in [-0.15, -0.1) is 5.75 Å². The van der Waals surface area contributed by atoms with Crippen LogP contribution in [0.1, 0.15) is 12.0 Å². The van der Waals surface area contributed by atoms with E-state index in [1.165, 1.54) is 12.1 Å². The third-order valence-corrected chi connectivity index (χ3v) is 1.86. The van der Waals surface area contributed by atoms with Crippen molar-refractivity contribution in [2.45, 2.75) is 18.9 Å². The Hall–Kier alpha value is 0.0864. The van der Waals surface area contributed by atoms with E-state index in [2.05, 4.69) is 0 Å². The summed E-state index contributed by atoms with van der Waals surface area (Å²) in [6.07, 6.45) is 0.422. The smallest absolute Gasteiger partial charge is 0.872 e. The molecule has 0 aliphatic rings. The van der Waals surface area contributed by atoms with E-state index in [9.17, 15) is 9.90 Å². The van der Waals surface area contributed by atoms with Crippen molar-refractivity contribution in [2.24, 2.45) is 5.73 Å². The van der Waals surface area contributed by atoms with Crippen LogP contribution in [0.3, 0.4) is 0 Å². The van der Waals surface area contributed by atoms with Gasteiger partial charge in [0.05, 0.1) is 6.42 Å². The first-order valence-corrected chi connectivity index (χ1v) is 4.31. The first kappa shape index (κ1) is 15.1. The number of benzene rings is 1. The topological polar surface area (TPSA) is 86.4 Å². The molecule has 1 rings (SSSR count). The fourth-order valence-electron chi connectivity index (χ4n) is 1.22. The standard InChI is InChI=1S/C10H13NO3.K/c11-8(6-10(13)14)5-7-1-3-9(12)4-2-7;/h1-4,8,12H,5-6,11H2,(H,13,14);/q;+1/p-1/t8-;/m1./s1. The maximum Gasteiger partial charge on any atom is 1.00 e. The van der Waals surface area contributed by atoms with Crippen molar-refractivity contribution in [3.05, 3.63) is 29.8 Å². The van der Waals surface area contributed by atoms with Crippen molar-refractivity contribution in [3.8, 4) is 5.75 Å². The van der Waals surface area contributed by atoms with E-state index in [0.717, 1.165) is 5.56 Å². The molecule has 0 unspecified atom stereocenters. The maximum atomic E-state index is 10.8. The number of carboxylic acid groups (broad SMARTS) is 1. The zero-order valence-corrected chi connectivity index (χ0v) is 11.8. The number of carbonyl (C=O) groups is 1. The number of aliphatic carboxylic acids is 1. The molecule has 0 bridgehead atoms. The largest absolute Gasteiger partial charge is 1.00 e. The third-order valence-electron chi connectivity index (χ3n) is 1.86. The van der Waals surface area contributed by atoms with Gasteiger partial charge in [-0.25, -0.2) is 0 Å². The number of hydrogen-bond acceptors (Lipinski definition) is 3. The molecule has 0 spiro atoms. The Labute approximate surface area is 131 Å². The minimum atomic E-state index is -0.905. The molecule has 1 aromatic rings. The second kappa shape index (κ2) is 7.37.